The predicted molar refractivity (Wildman–Crippen MR) is 223 cm³/mol. The maximum absolute atomic E-state index is 14.4. The molecule has 4 atom stereocenters. The fourth-order valence-electron chi connectivity index (χ4n) is 7.51. The van der Waals surface area contributed by atoms with Crippen LogP contribution < -0.4 is 14.4 Å². The van der Waals surface area contributed by atoms with Crippen molar-refractivity contribution in [2.75, 3.05) is 47.3 Å². The van der Waals surface area contributed by atoms with E-state index >= 15 is 0 Å². The van der Waals surface area contributed by atoms with E-state index in [9.17, 15) is 4.79 Å². The second-order valence-corrected chi connectivity index (χ2v) is 15.8. The average molecular weight is 807 g/mol. The molecule has 3 aromatic rings. The van der Waals surface area contributed by atoms with Gasteiger partial charge in [-0.2, -0.15) is 0 Å². The van der Waals surface area contributed by atoms with Crippen molar-refractivity contribution in [3.05, 3.63) is 151 Å². The largest absolute Gasteiger partial charge is 0.497 e. The highest BCUT2D eigenvalue weighted by molar-refractivity contribution is 6.50. The van der Waals surface area contributed by atoms with Crippen molar-refractivity contribution >= 4 is 63.6 Å². The van der Waals surface area contributed by atoms with E-state index in [-0.39, 0.29) is 39.1 Å². The molecule has 2 aliphatic carbocycles. The molecule has 3 aromatic carbocycles. The Labute approximate surface area is 338 Å². The van der Waals surface area contributed by atoms with Crippen LogP contribution in [0.3, 0.4) is 0 Å². The Hall–Kier alpha value is -3.91. The Balaban J connectivity index is 1.68. The monoisotopic (exact) mass is 804 g/mol. The van der Waals surface area contributed by atoms with Gasteiger partial charge in [-0.3, -0.25) is 0 Å². The Morgan fingerprint density at radius 1 is 0.833 bits per heavy atom. The molecule has 10 heteroatoms. The molecule has 0 N–H and O–H groups in total. The minimum atomic E-state index is -1.46. The molecule has 54 heavy (non-hydrogen) atoms. The number of hydrogen-bond acceptors (Lipinski definition) is 6. The number of nitrogens with zero attached hydrogens (tertiary/aromatic N) is 2. The summed E-state index contributed by atoms with van der Waals surface area (Å²) in [6.45, 7) is 2.10. The van der Waals surface area contributed by atoms with Crippen LogP contribution in [0.5, 0.6) is 11.5 Å². The van der Waals surface area contributed by atoms with Crippen molar-refractivity contribution < 1.29 is 19.0 Å². The maximum atomic E-state index is 14.4. The van der Waals surface area contributed by atoms with Gasteiger partial charge in [-0.1, -0.05) is 108 Å². The highest BCUT2D eigenvalue weighted by Gasteiger charge is 2.56. The summed E-state index contributed by atoms with van der Waals surface area (Å²) in [6.07, 6.45) is 9.60. The number of hydrogen-bond donors (Lipinski definition) is 0. The van der Waals surface area contributed by atoms with Gasteiger partial charge in [0.15, 0.2) is 5.60 Å². The molecule has 0 aromatic heterocycles. The number of carbonyl (C=O) groups is 1. The zero-order valence-corrected chi connectivity index (χ0v) is 34.4. The smallest absolute Gasteiger partial charge is 0.341 e. The maximum Gasteiger partial charge on any atom is 0.341 e. The number of ether oxygens (including phenoxy) is 3. The van der Waals surface area contributed by atoms with E-state index in [4.69, 9.17) is 60.6 Å². The summed E-state index contributed by atoms with van der Waals surface area (Å²) in [5.41, 5.74) is 4.83. The normalized spacial score (nSPS) is 21.5. The van der Waals surface area contributed by atoms with Crippen molar-refractivity contribution in [3.8, 4) is 11.5 Å². The number of carbonyl (C=O) groups excluding carboxylic acids is 1. The molecular weight excluding hydrogens is 762 g/mol. The van der Waals surface area contributed by atoms with Gasteiger partial charge in [0.2, 0.25) is 0 Å². The van der Waals surface area contributed by atoms with Crippen molar-refractivity contribution in [1.29, 1.82) is 0 Å². The Bertz CT molecular complexity index is 2090. The van der Waals surface area contributed by atoms with Crippen LogP contribution in [0.1, 0.15) is 42.4 Å². The summed E-state index contributed by atoms with van der Waals surface area (Å²) in [5.74, 6) is 0.0666. The third kappa shape index (κ3) is 7.65. The molecule has 282 valence electrons. The molecule has 6 nitrogen and oxygen atoms in total. The van der Waals surface area contributed by atoms with Crippen LogP contribution in [0.2, 0.25) is 0 Å². The molecule has 1 saturated heterocycles. The van der Waals surface area contributed by atoms with Crippen molar-refractivity contribution in [1.82, 2.24) is 4.90 Å². The summed E-state index contributed by atoms with van der Waals surface area (Å²) < 4.78 is 17.8. The van der Waals surface area contributed by atoms with Gasteiger partial charge in [-0.05, 0) is 90.8 Å². The average Bonchev–Trinajstić information content (AvgIpc) is 3.45. The van der Waals surface area contributed by atoms with Crippen molar-refractivity contribution in [2.45, 2.75) is 37.3 Å². The highest BCUT2D eigenvalue weighted by Crippen LogP contribution is 2.56. The predicted octanol–water partition coefficient (Wildman–Crippen LogP) is 10.8. The topological polar surface area (TPSA) is 51.2 Å². The van der Waals surface area contributed by atoms with Gasteiger partial charge in [0.25, 0.3) is 0 Å². The number of halogens is 4. The molecule has 0 amide bonds. The molecule has 0 radical (unpaired) electrons. The molecule has 0 bridgehead atoms. The summed E-state index contributed by atoms with van der Waals surface area (Å²) in [7, 11) is 11.4. The fraction of sp³-hybridized carbons (Fsp3) is 0.295. The minimum Gasteiger partial charge on any atom is -0.497 e. The summed E-state index contributed by atoms with van der Waals surface area (Å²) in [5, 5.41) is 0.644. The van der Waals surface area contributed by atoms with Crippen molar-refractivity contribution in [2.24, 2.45) is 5.92 Å². The van der Waals surface area contributed by atoms with Gasteiger partial charge in [-0.15, -0.1) is 0 Å². The molecule has 6 rings (SSSR count). The van der Waals surface area contributed by atoms with Crippen LogP contribution in [0.15, 0.2) is 134 Å². The quantitative estimate of drug-likeness (QED) is 0.180. The third-order valence-electron chi connectivity index (χ3n) is 10.6. The molecule has 0 saturated carbocycles. The second-order valence-electron chi connectivity index (χ2n) is 14.1. The number of allylic oxidation sites excluding steroid dienone is 6. The van der Waals surface area contributed by atoms with Crippen LogP contribution in [0.4, 0.5) is 5.69 Å². The number of methoxy groups -OCH3 is 2. The van der Waals surface area contributed by atoms with Gasteiger partial charge in [0.05, 0.1) is 29.9 Å². The number of benzene rings is 3. The number of esters is 1. The molecule has 1 fully saturated rings. The van der Waals surface area contributed by atoms with Gasteiger partial charge in [0.1, 0.15) is 11.5 Å². The minimum absolute atomic E-state index is 0.00715. The van der Waals surface area contributed by atoms with E-state index in [0.29, 0.717) is 16.4 Å². The Morgan fingerprint density at radius 2 is 1.41 bits per heavy atom. The van der Waals surface area contributed by atoms with Gasteiger partial charge >= 0.3 is 5.97 Å². The summed E-state index contributed by atoms with van der Waals surface area (Å²) >= 11 is 27.7. The molecule has 3 aliphatic rings. The fourth-order valence-corrected chi connectivity index (χ4v) is 8.68. The van der Waals surface area contributed by atoms with E-state index in [0.717, 1.165) is 45.7 Å². The molecular formula is C44H44Cl4N2O4. The first-order valence-corrected chi connectivity index (χ1v) is 19.2. The summed E-state index contributed by atoms with van der Waals surface area (Å²) in [6, 6.07) is 24.3. The number of cyclic esters (lactones) is 1. The Kier molecular flexibility index (Phi) is 12.1. The number of anilines is 1. The zero-order chi connectivity index (χ0) is 38.9. The Morgan fingerprint density at radius 3 is 1.93 bits per heavy atom. The molecule has 4 unspecified atom stereocenters. The van der Waals surface area contributed by atoms with Gasteiger partial charge in [-0.25, -0.2) is 4.79 Å². The summed E-state index contributed by atoms with van der Waals surface area (Å²) in [4.78, 5) is 18.6. The van der Waals surface area contributed by atoms with Crippen LogP contribution in [-0.2, 0) is 9.53 Å². The van der Waals surface area contributed by atoms with E-state index in [2.05, 4.69) is 80.5 Å². The highest BCUT2D eigenvalue weighted by atomic mass is 35.5. The lowest BCUT2D eigenvalue weighted by Gasteiger charge is -2.40. The van der Waals surface area contributed by atoms with Crippen LogP contribution in [-0.4, -0.2) is 64.9 Å². The van der Waals surface area contributed by atoms with Crippen LogP contribution in [0.25, 0.3) is 5.57 Å². The van der Waals surface area contributed by atoms with Crippen LogP contribution >= 0.6 is 46.4 Å². The second kappa shape index (κ2) is 16.4. The lowest BCUT2D eigenvalue weighted by atomic mass is 9.67. The molecule has 1 aliphatic heterocycles. The van der Waals surface area contributed by atoms with Crippen LogP contribution in [0, 0.1) is 5.92 Å². The number of likely N-dealkylation sites (N-methyl/N-ethyl adjacent to an activating group) is 1. The van der Waals surface area contributed by atoms with Crippen molar-refractivity contribution in [3.63, 3.8) is 0 Å². The first kappa shape index (κ1) is 39.8. The molecule has 0 spiro atoms. The molecule has 1 heterocycles. The first-order valence-electron chi connectivity index (χ1n) is 17.7. The third-order valence-corrected chi connectivity index (χ3v) is 12.2. The van der Waals surface area contributed by atoms with Gasteiger partial charge < -0.3 is 24.0 Å². The lowest BCUT2D eigenvalue weighted by Crippen LogP contribution is -2.41. The van der Waals surface area contributed by atoms with E-state index < -0.39 is 17.5 Å². The SMILES string of the molecule is COc1ccc(/C(=C/C2(C(C)C(C3=CCC(N(C)C)C=C3)c3ccc(OC)cc3)OC(=O)C3=C(Cl)C(Cl)=C(Cl)CC(Cl)=C32)c2ccc(N(C)C)cc2)cc1. The lowest BCUT2D eigenvalue weighted by molar-refractivity contribution is -0.145. The van der Waals surface area contributed by atoms with Gasteiger partial charge in [0, 0.05) is 59.7 Å². The van der Waals surface area contributed by atoms with E-state index in [1.807, 2.05) is 61.5 Å². The van der Waals surface area contributed by atoms with E-state index in [1.165, 1.54) is 0 Å². The standard InChI is InChI=1S/C44H44Cl4N2O4/c1-26(38(30-14-22-34(53-7)23-15-30)29-10-18-32(19-11-29)50(4)5)44(40-36(45)24-37(46)41(47)42(48)39(40)43(51)54-44)25-35(28-12-20-33(52-6)21-13-28)27-8-16-31(17-9-27)49(2)3/h8-18,20-23,25-26,32,38H,19,24H2,1-7H3/b35-25+. The zero-order valence-electron chi connectivity index (χ0n) is 31.4. The number of rotatable bonds is 11. The van der Waals surface area contributed by atoms with E-state index in [1.54, 1.807) is 14.2 Å². The first-order chi connectivity index (χ1) is 25.8. The number of fused-ring (bicyclic) bond motifs is 1.